The second-order valence-corrected chi connectivity index (χ2v) is 4.16. The van der Waals surface area contributed by atoms with E-state index in [1.807, 2.05) is 4.90 Å². The molecule has 0 spiro atoms. The lowest BCUT2D eigenvalue weighted by molar-refractivity contribution is 0.0615. The van der Waals surface area contributed by atoms with Gasteiger partial charge < -0.3 is 14.7 Å². The number of amides is 1. The van der Waals surface area contributed by atoms with Crippen LogP contribution in [0.1, 0.15) is 23.4 Å². The van der Waals surface area contributed by atoms with Gasteiger partial charge in [0.05, 0.1) is 6.20 Å². The molecule has 1 aromatic heterocycles. The molecule has 0 saturated carbocycles. The molecule has 0 aromatic carbocycles. The normalized spacial score (nSPS) is 29.5. The van der Waals surface area contributed by atoms with E-state index in [0.717, 1.165) is 25.9 Å². The van der Waals surface area contributed by atoms with Gasteiger partial charge in [-0.1, -0.05) is 5.16 Å². The number of hydrogen-bond donors (Lipinski definition) is 1. The van der Waals surface area contributed by atoms with Gasteiger partial charge in [0, 0.05) is 31.2 Å². The van der Waals surface area contributed by atoms with Gasteiger partial charge >= 0.3 is 0 Å². The smallest absolute Gasteiger partial charge is 0.292 e. The van der Waals surface area contributed by atoms with Crippen molar-refractivity contribution in [3.63, 3.8) is 0 Å². The summed E-state index contributed by atoms with van der Waals surface area (Å²) < 4.78 is 4.89. The molecule has 5 nitrogen and oxygen atoms in total. The molecule has 2 fully saturated rings. The number of carbonyl (C=O) groups is 1. The molecule has 0 radical (unpaired) electrons. The lowest BCUT2D eigenvalue weighted by Gasteiger charge is -2.31. The quantitative estimate of drug-likeness (QED) is 0.717. The third kappa shape index (κ3) is 1.43. The van der Waals surface area contributed by atoms with Crippen LogP contribution in [0.4, 0.5) is 0 Å². The van der Waals surface area contributed by atoms with Gasteiger partial charge in [0.25, 0.3) is 5.91 Å². The molecule has 3 heterocycles. The first-order valence-corrected chi connectivity index (χ1v) is 5.29. The third-order valence-corrected chi connectivity index (χ3v) is 3.27. The summed E-state index contributed by atoms with van der Waals surface area (Å²) in [6.45, 7) is 1.73. The van der Waals surface area contributed by atoms with E-state index in [-0.39, 0.29) is 5.91 Å². The average Bonchev–Trinajstić information content (AvgIpc) is 2.88. The fourth-order valence-corrected chi connectivity index (χ4v) is 2.47. The average molecular weight is 207 g/mol. The second-order valence-electron chi connectivity index (χ2n) is 4.16. The van der Waals surface area contributed by atoms with Crippen LogP contribution < -0.4 is 5.32 Å². The summed E-state index contributed by atoms with van der Waals surface area (Å²) in [6, 6.07) is 2.56. The Morgan fingerprint density at radius 2 is 2.60 bits per heavy atom. The van der Waals surface area contributed by atoms with Crippen molar-refractivity contribution >= 4 is 5.91 Å². The summed E-state index contributed by atoms with van der Waals surface area (Å²) in [4.78, 5) is 13.9. The lowest BCUT2D eigenvalue weighted by atomic mass is 10.0. The minimum absolute atomic E-state index is 0.0281. The van der Waals surface area contributed by atoms with Crippen molar-refractivity contribution in [3.05, 3.63) is 18.0 Å². The summed E-state index contributed by atoms with van der Waals surface area (Å²) in [5.41, 5.74) is 0. The zero-order valence-electron chi connectivity index (χ0n) is 8.35. The van der Waals surface area contributed by atoms with Crippen LogP contribution in [0, 0.1) is 0 Å². The molecule has 1 aromatic rings. The summed E-state index contributed by atoms with van der Waals surface area (Å²) in [6.07, 6.45) is 3.61. The number of nitrogens with zero attached hydrogens (tertiary/aromatic N) is 2. The second kappa shape index (κ2) is 3.34. The van der Waals surface area contributed by atoms with Crippen LogP contribution in [0.2, 0.25) is 0 Å². The zero-order chi connectivity index (χ0) is 10.3. The van der Waals surface area contributed by atoms with Gasteiger partial charge in [0.1, 0.15) is 0 Å². The number of likely N-dealkylation sites (tertiary alicyclic amines) is 1. The lowest BCUT2D eigenvalue weighted by Crippen LogP contribution is -2.44. The molecule has 15 heavy (non-hydrogen) atoms. The van der Waals surface area contributed by atoms with E-state index in [0.29, 0.717) is 17.8 Å². The molecule has 1 N–H and O–H groups in total. The summed E-state index contributed by atoms with van der Waals surface area (Å²) in [5.74, 6) is 0.319. The monoisotopic (exact) mass is 207 g/mol. The number of carbonyl (C=O) groups excluding carboxylic acids is 1. The van der Waals surface area contributed by atoms with Gasteiger partial charge in [-0.05, 0) is 12.8 Å². The van der Waals surface area contributed by atoms with Gasteiger partial charge in [-0.2, -0.15) is 0 Å². The first-order chi connectivity index (χ1) is 7.34. The number of piperidine rings is 1. The van der Waals surface area contributed by atoms with Crippen molar-refractivity contribution in [2.45, 2.75) is 24.9 Å². The van der Waals surface area contributed by atoms with Crippen molar-refractivity contribution in [3.8, 4) is 0 Å². The highest BCUT2D eigenvalue weighted by Gasteiger charge is 2.37. The van der Waals surface area contributed by atoms with Gasteiger partial charge in [-0.25, -0.2) is 0 Å². The minimum Gasteiger partial charge on any atom is -0.351 e. The molecule has 80 valence electrons. The molecule has 3 rings (SSSR count). The van der Waals surface area contributed by atoms with Crippen molar-refractivity contribution < 1.29 is 9.32 Å². The molecule has 2 bridgehead atoms. The Hall–Kier alpha value is -1.36. The van der Waals surface area contributed by atoms with E-state index < -0.39 is 0 Å². The maximum atomic E-state index is 12.0. The standard InChI is InChI=1S/C10H13N3O2/c14-10(9-1-3-12-15-9)13-4-2-7-5-8(13)6-11-7/h1,3,7-8,11H,2,4-6H2. The van der Waals surface area contributed by atoms with Crippen molar-refractivity contribution in [2.75, 3.05) is 13.1 Å². The maximum absolute atomic E-state index is 12.0. The van der Waals surface area contributed by atoms with Gasteiger partial charge in [0.2, 0.25) is 5.76 Å². The molecule has 2 aliphatic rings. The molecule has 2 aliphatic heterocycles. The molecule has 2 atom stereocenters. The Kier molecular flexibility index (Phi) is 1.98. The Labute approximate surface area is 87.4 Å². The molecule has 2 saturated heterocycles. The minimum atomic E-state index is -0.0281. The Morgan fingerprint density at radius 1 is 1.67 bits per heavy atom. The Balaban J connectivity index is 1.79. The summed E-state index contributed by atoms with van der Waals surface area (Å²) in [7, 11) is 0. The van der Waals surface area contributed by atoms with Gasteiger partial charge in [-0.15, -0.1) is 0 Å². The van der Waals surface area contributed by atoms with Crippen LogP contribution in [-0.4, -0.2) is 41.1 Å². The van der Waals surface area contributed by atoms with E-state index in [2.05, 4.69) is 10.5 Å². The molecule has 2 unspecified atom stereocenters. The van der Waals surface area contributed by atoms with E-state index >= 15 is 0 Å². The third-order valence-electron chi connectivity index (χ3n) is 3.27. The number of nitrogens with one attached hydrogen (secondary N) is 1. The van der Waals surface area contributed by atoms with Gasteiger partial charge in [0.15, 0.2) is 0 Å². The van der Waals surface area contributed by atoms with Crippen LogP contribution in [-0.2, 0) is 0 Å². The van der Waals surface area contributed by atoms with Gasteiger partial charge in [-0.3, -0.25) is 4.79 Å². The Bertz CT molecular complexity index is 363. The number of aromatic nitrogens is 1. The number of rotatable bonds is 1. The van der Waals surface area contributed by atoms with Crippen LogP contribution in [0.5, 0.6) is 0 Å². The van der Waals surface area contributed by atoms with Crippen molar-refractivity contribution in [1.29, 1.82) is 0 Å². The molecule has 1 amide bonds. The predicted octanol–water partition coefficient (Wildman–Crippen LogP) is 0.251. The maximum Gasteiger partial charge on any atom is 0.292 e. The topological polar surface area (TPSA) is 58.4 Å². The van der Waals surface area contributed by atoms with E-state index in [9.17, 15) is 4.79 Å². The largest absolute Gasteiger partial charge is 0.351 e. The van der Waals surface area contributed by atoms with Crippen LogP contribution in [0.15, 0.2) is 16.8 Å². The molecular formula is C10H13N3O2. The van der Waals surface area contributed by atoms with E-state index in [4.69, 9.17) is 4.52 Å². The fraction of sp³-hybridized carbons (Fsp3) is 0.600. The zero-order valence-corrected chi connectivity index (χ0v) is 8.35. The first kappa shape index (κ1) is 8.91. The van der Waals surface area contributed by atoms with Crippen LogP contribution >= 0.6 is 0 Å². The highest BCUT2D eigenvalue weighted by atomic mass is 16.5. The van der Waals surface area contributed by atoms with Crippen LogP contribution in [0.3, 0.4) is 0 Å². The molecule has 5 heteroatoms. The van der Waals surface area contributed by atoms with Crippen molar-refractivity contribution in [1.82, 2.24) is 15.4 Å². The summed E-state index contributed by atoms with van der Waals surface area (Å²) in [5, 5.41) is 6.97. The highest BCUT2D eigenvalue weighted by molar-refractivity contribution is 5.91. The van der Waals surface area contributed by atoms with Crippen molar-refractivity contribution in [2.24, 2.45) is 0 Å². The Morgan fingerprint density at radius 3 is 3.40 bits per heavy atom. The van der Waals surface area contributed by atoms with E-state index in [1.165, 1.54) is 6.20 Å². The van der Waals surface area contributed by atoms with E-state index in [1.54, 1.807) is 6.07 Å². The first-order valence-electron chi connectivity index (χ1n) is 5.29. The molecular weight excluding hydrogens is 194 g/mol. The fourth-order valence-electron chi connectivity index (χ4n) is 2.47. The highest BCUT2D eigenvalue weighted by Crippen LogP contribution is 2.24. The van der Waals surface area contributed by atoms with Crippen LogP contribution in [0.25, 0.3) is 0 Å². The number of fused-ring (bicyclic) bond motifs is 2. The molecule has 0 aliphatic carbocycles. The predicted molar refractivity (Wildman–Crippen MR) is 52.4 cm³/mol. The SMILES string of the molecule is O=C(c1ccno1)N1CCC2CC1CN2. The summed E-state index contributed by atoms with van der Waals surface area (Å²) >= 11 is 0. The number of hydrogen-bond acceptors (Lipinski definition) is 4.